The zero-order valence-corrected chi connectivity index (χ0v) is 17.0. The van der Waals surface area contributed by atoms with Crippen molar-refractivity contribution < 1.29 is 19.5 Å². The lowest BCUT2D eigenvalue weighted by Crippen LogP contribution is -2.55. The van der Waals surface area contributed by atoms with E-state index in [0.717, 1.165) is 32.1 Å². The van der Waals surface area contributed by atoms with Crippen molar-refractivity contribution >= 4 is 11.9 Å². The van der Waals surface area contributed by atoms with E-state index in [1.54, 1.807) is 5.57 Å². The van der Waals surface area contributed by atoms with E-state index in [1.807, 2.05) is 0 Å². The number of hydrogen-bond donors (Lipinski definition) is 2. The van der Waals surface area contributed by atoms with Crippen LogP contribution in [0.2, 0.25) is 0 Å². The molecule has 0 aromatic carbocycles. The third kappa shape index (κ3) is 3.24. The molecule has 0 aliphatic heterocycles. The number of nitrogens with one attached hydrogen (secondary N) is 1. The van der Waals surface area contributed by atoms with Crippen LogP contribution in [0.1, 0.15) is 66.2 Å². The minimum absolute atomic E-state index is 0.108. The molecular weight excluding hydrogens is 342 g/mol. The van der Waals surface area contributed by atoms with Crippen LogP contribution in [0.4, 0.5) is 0 Å². The van der Waals surface area contributed by atoms with Crippen molar-refractivity contribution in [2.45, 2.75) is 72.3 Å². The zero-order valence-electron chi connectivity index (χ0n) is 17.0. The van der Waals surface area contributed by atoms with Crippen LogP contribution in [0, 0.1) is 28.1 Å². The van der Waals surface area contributed by atoms with E-state index in [2.05, 4.69) is 46.4 Å². The maximum atomic E-state index is 11.9. The minimum atomic E-state index is -1.11. The highest BCUT2D eigenvalue weighted by atomic mass is 16.6. The second-order valence-electron chi connectivity index (χ2n) is 9.87. The van der Waals surface area contributed by atoms with Crippen molar-refractivity contribution in [1.29, 1.82) is 0 Å². The maximum absolute atomic E-state index is 11.9. The minimum Gasteiger partial charge on any atom is -0.455 e. The van der Waals surface area contributed by atoms with Crippen LogP contribution >= 0.6 is 0 Å². The van der Waals surface area contributed by atoms with Gasteiger partial charge in [0.15, 0.2) is 0 Å². The molecule has 150 valence electrons. The highest BCUT2D eigenvalue weighted by molar-refractivity contribution is 6.32. The molecule has 0 aromatic heterocycles. The molecule has 1 amide bonds. The smallest absolute Gasteiger partial charge is 0.399 e. The van der Waals surface area contributed by atoms with Crippen LogP contribution in [0.5, 0.6) is 0 Å². The van der Waals surface area contributed by atoms with Crippen molar-refractivity contribution in [3.8, 4) is 0 Å². The first-order valence-electron chi connectivity index (χ1n) is 10.1. The number of hydrogen-bond acceptors (Lipinski definition) is 4. The average Bonchev–Trinajstić information content (AvgIpc) is 2.63. The van der Waals surface area contributed by atoms with Gasteiger partial charge in [-0.15, -0.1) is 6.58 Å². The number of rotatable bonds is 2. The van der Waals surface area contributed by atoms with Crippen molar-refractivity contribution in [1.82, 2.24) is 5.48 Å². The number of esters is 1. The van der Waals surface area contributed by atoms with Gasteiger partial charge in [0.25, 0.3) is 0 Å². The first-order chi connectivity index (χ1) is 12.6. The number of amides is 1. The summed E-state index contributed by atoms with van der Waals surface area (Å²) in [6, 6.07) is 0. The lowest BCUT2D eigenvalue weighted by atomic mass is 9.46. The lowest BCUT2D eigenvalue weighted by Gasteiger charge is -2.60. The molecule has 3 aliphatic rings. The van der Waals surface area contributed by atoms with E-state index in [0.29, 0.717) is 11.8 Å². The summed E-state index contributed by atoms with van der Waals surface area (Å²) in [6.45, 7) is 13.0. The molecule has 0 heterocycles. The normalized spacial score (nSPS) is 40.0. The molecule has 2 saturated carbocycles. The monoisotopic (exact) mass is 375 g/mol. The van der Waals surface area contributed by atoms with Crippen LogP contribution in [-0.4, -0.2) is 23.2 Å². The van der Waals surface area contributed by atoms with Crippen molar-refractivity contribution in [2.24, 2.45) is 28.1 Å². The molecule has 2 N–H and O–H groups in total. The molecule has 0 aromatic rings. The van der Waals surface area contributed by atoms with Gasteiger partial charge in [-0.2, -0.15) is 0 Å². The Bertz CT molecular complexity index is 682. The first kappa shape index (κ1) is 20.1. The summed E-state index contributed by atoms with van der Waals surface area (Å²) in [4.78, 5) is 23.3. The van der Waals surface area contributed by atoms with E-state index in [4.69, 9.17) is 9.94 Å². The Labute approximate surface area is 162 Å². The number of carbonyl (C=O) groups is 2. The van der Waals surface area contributed by atoms with E-state index in [-0.39, 0.29) is 22.3 Å². The van der Waals surface area contributed by atoms with Gasteiger partial charge in [0, 0.05) is 5.41 Å². The summed E-state index contributed by atoms with van der Waals surface area (Å²) < 4.78 is 5.50. The molecule has 3 rings (SSSR count). The summed E-state index contributed by atoms with van der Waals surface area (Å²) in [5, 5.41) is 8.67. The largest absolute Gasteiger partial charge is 0.455 e. The van der Waals surface area contributed by atoms with Crippen LogP contribution < -0.4 is 5.48 Å². The Balaban J connectivity index is 1.85. The third-order valence-electron chi connectivity index (χ3n) is 7.86. The Kier molecular flexibility index (Phi) is 5.04. The maximum Gasteiger partial charge on any atom is 0.399 e. The summed E-state index contributed by atoms with van der Waals surface area (Å²) in [5.74, 6) is -1.12. The number of ether oxygens (including phenoxy) is 1. The van der Waals surface area contributed by atoms with E-state index in [9.17, 15) is 9.59 Å². The van der Waals surface area contributed by atoms with Crippen LogP contribution in [0.3, 0.4) is 0 Å². The van der Waals surface area contributed by atoms with Gasteiger partial charge in [0.05, 0.1) is 0 Å². The fraction of sp³-hybridized carbons (Fsp3) is 0.727. The lowest BCUT2D eigenvalue weighted by molar-refractivity contribution is -0.177. The molecule has 0 saturated heterocycles. The Morgan fingerprint density at radius 2 is 1.96 bits per heavy atom. The fourth-order valence-corrected chi connectivity index (χ4v) is 6.26. The van der Waals surface area contributed by atoms with Gasteiger partial charge in [0.2, 0.25) is 0 Å². The number of hydroxylamine groups is 1. The van der Waals surface area contributed by atoms with Crippen molar-refractivity contribution in [3.05, 3.63) is 24.3 Å². The number of fused-ring (bicyclic) bond motifs is 3. The highest BCUT2D eigenvalue weighted by Crippen LogP contribution is 2.64. The predicted octanol–water partition coefficient (Wildman–Crippen LogP) is 4.17. The second-order valence-corrected chi connectivity index (χ2v) is 9.87. The SMILES string of the molecule is C=C[C@@]1(C)CC=C2[C@@H](CC[C@@H]3C(C)(C)[C@H](OC(=O)C(=O)NO)CC[C@@]23C)C1. The molecule has 0 spiro atoms. The molecule has 0 radical (unpaired) electrons. The van der Waals surface area contributed by atoms with Gasteiger partial charge in [-0.3, -0.25) is 10.0 Å². The molecule has 2 fully saturated rings. The molecule has 5 atom stereocenters. The molecule has 27 heavy (non-hydrogen) atoms. The van der Waals surface area contributed by atoms with Crippen LogP contribution in [-0.2, 0) is 14.3 Å². The summed E-state index contributed by atoms with van der Waals surface area (Å²) >= 11 is 0. The van der Waals surface area contributed by atoms with E-state index < -0.39 is 11.9 Å². The van der Waals surface area contributed by atoms with E-state index in [1.165, 1.54) is 11.9 Å². The van der Waals surface area contributed by atoms with Crippen molar-refractivity contribution in [3.63, 3.8) is 0 Å². The molecule has 0 unspecified atom stereocenters. The van der Waals surface area contributed by atoms with Gasteiger partial charge >= 0.3 is 11.9 Å². The summed E-state index contributed by atoms with van der Waals surface area (Å²) in [5.41, 5.74) is 3.02. The first-order valence-corrected chi connectivity index (χ1v) is 10.1. The molecule has 5 heteroatoms. The highest BCUT2D eigenvalue weighted by Gasteiger charge is 2.57. The van der Waals surface area contributed by atoms with Gasteiger partial charge < -0.3 is 4.74 Å². The fourth-order valence-electron chi connectivity index (χ4n) is 6.26. The number of carbonyl (C=O) groups excluding carboxylic acids is 2. The average molecular weight is 376 g/mol. The molecular formula is C22H33NO4. The quantitative estimate of drug-likeness (QED) is 0.250. The van der Waals surface area contributed by atoms with Crippen molar-refractivity contribution in [2.75, 3.05) is 0 Å². The molecule has 3 aliphatic carbocycles. The summed E-state index contributed by atoms with van der Waals surface area (Å²) in [7, 11) is 0. The second kappa shape index (κ2) is 6.77. The molecule has 0 bridgehead atoms. The standard InChI is InChI=1S/C22H33NO4/c1-6-21(4)11-9-15-14(13-21)7-8-16-20(2,3)17(10-12-22(15,16)5)27-19(25)18(24)23-26/h6,9,14,16-17,26H,1,7-8,10-13H2,2-5H3,(H,23,24)/t14-,16+,17+,21-,22-/m0/s1. The Hall–Kier alpha value is -1.62. The Morgan fingerprint density at radius 1 is 1.26 bits per heavy atom. The number of allylic oxidation sites excluding steroid dienone is 3. The molecule has 5 nitrogen and oxygen atoms in total. The van der Waals surface area contributed by atoms with E-state index >= 15 is 0 Å². The topological polar surface area (TPSA) is 75.6 Å². The Morgan fingerprint density at radius 3 is 2.59 bits per heavy atom. The third-order valence-corrected chi connectivity index (χ3v) is 7.86. The van der Waals surface area contributed by atoms with Crippen LogP contribution in [0.25, 0.3) is 0 Å². The predicted molar refractivity (Wildman–Crippen MR) is 103 cm³/mol. The van der Waals surface area contributed by atoms with Gasteiger partial charge in [-0.25, -0.2) is 10.3 Å². The van der Waals surface area contributed by atoms with Gasteiger partial charge in [0.1, 0.15) is 6.10 Å². The van der Waals surface area contributed by atoms with Crippen LogP contribution in [0.15, 0.2) is 24.3 Å². The summed E-state index contributed by atoms with van der Waals surface area (Å²) in [6.07, 6.45) is 10.4. The van der Waals surface area contributed by atoms with Gasteiger partial charge in [-0.1, -0.05) is 45.4 Å². The zero-order chi connectivity index (χ0) is 20.0. The van der Waals surface area contributed by atoms with Gasteiger partial charge in [-0.05, 0) is 61.2 Å².